The molecule has 148 valence electrons. The van der Waals surface area contributed by atoms with E-state index in [0.717, 1.165) is 24.7 Å². The second-order valence-corrected chi connectivity index (χ2v) is 7.11. The van der Waals surface area contributed by atoms with Crippen molar-refractivity contribution in [3.63, 3.8) is 0 Å². The number of hydrogen-bond acceptors (Lipinski definition) is 2. The number of nitrogens with zero attached hydrogens (tertiary/aromatic N) is 3. The number of halogens is 1. The molecule has 5 nitrogen and oxygen atoms in total. The number of hydrogen-bond donors (Lipinski definition) is 2. The third-order valence-electron chi connectivity index (χ3n) is 5.14. The van der Waals surface area contributed by atoms with Gasteiger partial charge in [-0.2, -0.15) is 5.10 Å². The van der Waals surface area contributed by atoms with Crippen molar-refractivity contribution in [1.82, 2.24) is 20.4 Å². The van der Waals surface area contributed by atoms with Gasteiger partial charge in [-0.25, -0.2) is 4.99 Å². The second kappa shape index (κ2) is 10.7. The van der Waals surface area contributed by atoms with Crippen molar-refractivity contribution in [2.45, 2.75) is 65.6 Å². The Morgan fingerprint density at radius 3 is 2.56 bits per heavy atom. The summed E-state index contributed by atoms with van der Waals surface area (Å²) in [7, 11) is 0. The normalized spacial score (nSPS) is 14.9. The predicted molar refractivity (Wildman–Crippen MR) is 123 cm³/mol. The van der Waals surface area contributed by atoms with E-state index < -0.39 is 0 Å². The third-order valence-corrected chi connectivity index (χ3v) is 5.14. The van der Waals surface area contributed by atoms with Crippen molar-refractivity contribution in [2.24, 2.45) is 4.99 Å². The highest BCUT2D eigenvalue weighted by atomic mass is 127. The van der Waals surface area contributed by atoms with Crippen molar-refractivity contribution < 1.29 is 0 Å². The highest BCUT2D eigenvalue weighted by Crippen LogP contribution is 2.18. The number of aryl methyl sites for hydroxylation is 1. The summed E-state index contributed by atoms with van der Waals surface area (Å²) in [5.41, 5.74) is 4.76. The maximum absolute atomic E-state index is 4.83. The van der Waals surface area contributed by atoms with Crippen LogP contribution in [0.15, 0.2) is 35.3 Å². The summed E-state index contributed by atoms with van der Waals surface area (Å²) in [5, 5.41) is 11.7. The van der Waals surface area contributed by atoms with Gasteiger partial charge < -0.3 is 10.6 Å². The van der Waals surface area contributed by atoms with E-state index in [2.05, 4.69) is 60.4 Å². The fraction of sp³-hybridized carbons (Fsp3) is 0.524. The van der Waals surface area contributed by atoms with Gasteiger partial charge in [-0.3, -0.25) is 4.68 Å². The summed E-state index contributed by atoms with van der Waals surface area (Å²) < 4.78 is 2.09. The zero-order valence-electron chi connectivity index (χ0n) is 16.7. The molecule has 0 unspecified atom stereocenters. The minimum Gasteiger partial charge on any atom is -0.357 e. The summed E-state index contributed by atoms with van der Waals surface area (Å²) in [6.07, 6.45) is 5.14. The molecule has 2 aromatic rings. The first kappa shape index (κ1) is 21.7. The topological polar surface area (TPSA) is 54.2 Å². The Morgan fingerprint density at radius 2 is 1.89 bits per heavy atom. The fourth-order valence-corrected chi connectivity index (χ4v) is 3.61. The highest BCUT2D eigenvalue weighted by molar-refractivity contribution is 14.0. The average Bonchev–Trinajstić information content (AvgIpc) is 3.23. The second-order valence-electron chi connectivity index (χ2n) is 7.11. The number of benzene rings is 1. The lowest BCUT2D eigenvalue weighted by molar-refractivity contribution is 0.613. The zero-order valence-corrected chi connectivity index (χ0v) is 19.0. The van der Waals surface area contributed by atoms with Gasteiger partial charge in [0.1, 0.15) is 0 Å². The predicted octanol–water partition coefficient (Wildman–Crippen LogP) is 4.16. The van der Waals surface area contributed by atoms with Crippen LogP contribution < -0.4 is 10.6 Å². The summed E-state index contributed by atoms with van der Waals surface area (Å²) in [5.74, 6) is 0.925. The van der Waals surface area contributed by atoms with Gasteiger partial charge in [0, 0.05) is 23.8 Å². The molecule has 0 amide bonds. The molecular weight excluding hydrogens is 449 g/mol. The minimum atomic E-state index is 0. The Morgan fingerprint density at radius 1 is 1.19 bits per heavy atom. The largest absolute Gasteiger partial charge is 0.357 e. The molecule has 0 aliphatic heterocycles. The fourth-order valence-electron chi connectivity index (χ4n) is 3.61. The Labute approximate surface area is 180 Å². The molecule has 27 heavy (non-hydrogen) atoms. The molecule has 0 radical (unpaired) electrons. The van der Waals surface area contributed by atoms with Crippen LogP contribution in [-0.4, -0.2) is 28.3 Å². The Balaban J connectivity index is 0.00000261. The van der Waals surface area contributed by atoms with Gasteiger partial charge in [-0.15, -0.1) is 24.0 Å². The number of rotatable bonds is 6. The van der Waals surface area contributed by atoms with Crippen LogP contribution >= 0.6 is 24.0 Å². The first-order chi connectivity index (χ1) is 12.7. The maximum atomic E-state index is 4.83. The van der Waals surface area contributed by atoms with E-state index in [1.54, 1.807) is 0 Å². The molecule has 1 saturated carbocycles. The van der Waals surface area contributed by atoms with Crippen molar-refractivity contribution in [1.29, 1.82) is 0 Å². The lowest BCUT2D eigenvalue weighted by Gasteiger charge is -2.16. The average molecular weight is 481 g/mol. The summed E-state index contributed by atoms with van der Waals surface area (Å²) in [6, 6.07) is 11.0. The first-order valence-corrected chi connectivity index (χ1v) is 9.79. The van der Waals surface area contributed by atoms with E-state index in [4.69, 9.17) is 10.1 Å². The van der Waals surface area contributed by atoms with Crippen LogP contribution in [0.4, 0.5) is 0 Å². The monoisotopic (exact) mass is 481 g/mol. The molecule has 1 aromatic carbocycles. The van der Waals surface area contributed by atoms with Crippen LogP contribution in [0.5, 0.6) is 0 Å². The van der Waals surface area contributed by atoms with Crippen LogP contribution in [0.3, 0.4) is 0 Å². The SMILES string of the molecule is CCNC(=NCc1c(C)nn(Cc2ccccc2)c1C)NC1CCCC1.I. The molecule has 1 aliphatic carbocycles. The van der Waals surface area contributed by atoms with Crippen molar-refractivity contribution in [3.8, 4) is 0 Å². The number of aliphatic imine (C=N–C) groups is 1. The molecule has 6 heteroatoms. The van der Waals surface area contributed by atoms with Gasteiger partial charge in [0.2, 0.25) is 0 Å². The molecule has 1 aromatic heterocycles. The number of nitrogens with one attached hydrogen (secondary N) is 2. The van der Waals surface area contributed by atoms with E-state index in [-0.39, 0.29) is 24.0 Å². The smallest absolute Gasteiger partial charge is 0.191 e. The van der Waals surface area contributed by atoms with Crippen LogP contribution in [-0.2, 0) is 13.1 Å². The van der Waals surface area contributed by atoms with Crippen LogP contribution in [0.1, 0.15) is 55.1 Å². The quantitative estimate of drug-likeness (QED) is 0.370. The molecule has 1 heterocycles. The van der Waals surface area contributed by atoms with Crippen LogP contribution in [0, 0.1) is 13.8 Å². The summed E-state index contributed by atoms with van der Waals surface area (Å²) in [6.45, 7) is 8.68. The molecular formula is C21H32IN5. The van der Waals surface area contributed by atoms with Gasteiger partial charge >= 0.3 is 0 Å². The Kier molecular flexibility index (Phi) is 8.60. The standard InChI is InChI=1S/C21H31N5.HI/c1-4-22-21(24-19-12-8-9-13-19)23-14-20-16(2)25-26(17(20)3)15-18-10-6-5-7-11-18;/h5-7,10-11,19H,4,8-9,12-15H2,1-3H3,(H2,22,23,24);1H. The first-order valence-electron chi connectivity index (χ1n) is 9.79. The van der Waals surface area contributed by atoms with E-state index in [1.807, 2.05) is 6.07 Å². The van der Waals surface area contributed by atoms with Crippen molar-refractivity contribution in [2.75, 3.05) is 6.54 Å². The Hall–Kier alpha value is -1.57. The Bertz CT molecular complexity index is 733. The highest BCUT2D eigenvalue weighted by Gasteiger charge is 2.16. The zero-order chi connectivity index (χ0) is 18.4. The van der Waals surface area contributed by atoms with Crippen LogP contribution in [0.2, 0.25) is 0 Å². The van der Waals surface area contributed by atoms with Crippen molar-refractivity contribution >= 4 is 29.9 Å². The molecule has 1 fully saturated rings. The lowest BCUT2D eigenvalue weighted by atomic mass is 10.2. The molecule has 0 bridgehead atoms. The van der Waals surface area contributed by atoms with Gasteiger partial charge in [0.15, 0.2) is 5.96 Å². The molecule has 3 rings (SSSR count). The minimum absolute atomic E-state index is 0. The van der Waals surface area contributed by atoms with E-state index in [9.17, 15) is 0 Å². The van der Waals surface area contributed by atoms with E-state index >= 15 is 0 Å². The van der Waals surface area contributed by atoms with Crippen LogP contribution in [0.25, 0.3) is 0 Å². The van der Waals surface area contributed by atoms with Gasteiger partial charge in [-0.05, 0) is 39.2 Å². The van der Waals surface area contributed by atoms with E-state index in [1.165, 1.54) is 42.5 Å². The molecule has 0 saturated heterocycles. The molecule has 0 atom stereocenters. The number of aromatic nitrogens is 2. The van der Waals surface area contributed by atoms with Gasteiger partial charge in [-0.1, -0.05) is 43.2 Å². The third kappa shape index (κ3) is 5.96. The molecule has 0 spiro atoms. The van der Waals surface area contributed by atoms with E-state index in [0.29, 0.717) is 12.6 Å². The lowest BCUT2D eigenvalue weighted by Crippen LogP contribution is -2.42. The summed E-state index contributed by atoms with van der Waals surface area (Å²) in [4.78, 5) is 4.83. The van der Waals surface area contributed by atoms with Gasteiger partial charge in [0.25, 0.3) is 0 Å². The summed E-state index contributed by atoms with van der Waals surface area (Å²) >= 11 is 0. The molecule has 1 aliphatic rings. The number of guanidine groups is 1. The maximum Gasteiger partial charge on any atom is 0.191 e. The van der Waals surface area contributed by atoms with Gasteiger partial charge in [0.05, 0.1) is 18.8 Å². The van der Waals surface area contributed by atoms with Crippen molar-refractivity contribution in [3.05, 3.63) is 52.8 Å². The molecule has 2 N–H and O–H groups in total.